The Balaban J connectivity index is 1.97. The molecule has 0 saturated carbocycles. The zero-order chi connectivity index (χ0) is 19.2. The van der Waals surface area contributed by atoms with Gasteiger partial charge < -0.3 is 9.73 Å². The Morgan fingerprint density at radius 2 is 1.81 bits per heavy atom. The summed E-state index contributed by atoms with van der Waals surface area (Å²) in [4.78, 5) is 12.3. The number of nitrogens with zero attached hydrogens (tertiary/aromatic N) is 1. The van der Waals surface area contributed by atoms with E-state index in [0.717, 1.165) is 11.3 Å². The van der Waals surface area contributed by atoms with Crippen LogP contribution < -0.4 is 5.32 Å². The van der Waals surface area contributed by atoms with Gasteiger partial charge in [-0.1, -0.05) is 26.0 Å². The number of hydrogen-bond acceptors (Lipinski definition) is 4. The molecule has 2 rings (SSSR count). The quantitative estimate of drug-likeness (QED) is 0.727. The fourth-order valence-corrected chi connectivity index (χ4v) is 4.19. The Morgan fingerprint density at radius 3 is 2.35 bits per heavy atom. The fraction of sp³-hybridized carbons (Fsp3) is 0.421. The van der Waals surface area contributed by atoms with Gasteiger partial charge in [0.1, 0.15) is 5.76 Å². The number of amides is 1. The van der Waals surface area contributed by atoms with Crippen molar-refractivity contribution in [2.24, 2.45) is 0 Å². The zero-order valence-corrected chi connectivity index (χ0v) is 16.3. The molecule has 0 spiro atoms. The Bertz CT molecular complexity index is 795. The van der Waals surface area contributed by atoms with Crippen LogP contribution >= 0.6 is 0 Å². The molecule has 1 atom stereocenters. The minimum atomic E-state index is -3.46. The smallest absolute Gasteiger partial charge is 0.243 e. The first-order valence-electron chi connectivity index (χ1n) is 8.80. The van der Waals surface area contributed by atoms with Gasteiger partial charge in [0, 0.05) is 25.9 Å². The second-order valence-corrected chi connectivity index (χ2v) is 7.96. The maximum atomic E-state index is 12.5. The number of carbonyl (C=O) groups excluding carboxylic acids is 1. The molecule has 142 valence electrons. The van der Waals surface area contributed by atoms with Crippen LogP contribution in [0.2, 0.25) is 0 Å². The normalized spacial score (nSPS) is 12.9. The number of sulfonamides is 1. The average molecular weight is 378 g/mol. The van der Waals surface area contributed by atoms with Crippen molar-refractivity contribution < 1.29 is 17.6 Å². The van der Waals surface area contributed by atoms with Gasteiger partial charge in [0.05, 0.1) is 17.2 Å². The van der Waals surface area contributed by atoms with E-state index in [1.165, 1.54) is 4.31 Å². The summed E-state index contributed by atoms with van der Waals surface area (Å²) in [5, 5.41) is 2.92. The first kappa shape index (κ1) is 20.2. The second-order valence-electron chi connectivity index (χ2n) is 6.03. The summed E-state index contributed by atoms with van der Waals surface area (Å²) in [5.74, 6) is 0.701. The average Bonchev–Trinajstić information content (AvgIpc) is 3.14. The minimum absolute atomic E-state index is 0.0752. The molecule has 26 heavy (non-hydrogen) atoms. The standard InChI is InChI=1S/C19H26N2O4S/c1-4-21(5-2)26(23,24)18-11-8-16(9-12-18)15(3)20-19(22)13-10-17-7-6-14-25-17/h6-9,11-12,14-15H,4-5,10,13H2,1-3H3,(H,20,22). The van der Waals surface area contributed by atoms with Crippen molar-refractivity contribution in [3.05, 3.63) is 54.0 Å². The second kappa shape index (κ2) is 9.00. The third kappa shape index (κ3) is 4.95. The van der Waals surface area contributed by atoms with Crippen molar-refractivity contribution in [3.8, 4) is 0 Å². The summed E-state index contributed by atoms with van der Waals surface area (Å²) in [6.45, 7) is 6.37. The fourth-order valence-electron chi connectivity index (χ4n) is 2.73. The molecule has 0 bridgehead atoms. The van der Waals surface area contributed by atoms with E-state index in [4.69, 9.17) is 4.42 Å². The highest BCUT2D eigenvalue weighted by Gasteiger charge is 2.21. The van der Waals surface area contributed by atoms with Gasteiger partial charge in [0.2, 0.25) is 15.9 Å². The molecule has 0 radical (unpaired) electrons. The topological polar surface area (TPSA) is 79.6 Å². The summed E-state index contributed by atoms with van der Waals surface area (Å²) in [6, 6.07) is 10.1. The summed E-state index contributed by atoms with van der Waals surface area (Å²) < 4.78 is 31.6. The van der Waals surface area contributed by atoms with Gasteiger partial charge in [-0.05, 0) is 36.8 Å². The van der Waals surface area contributed by atoms with Crippen molar-refractivity contribution >= 4 is 15.9 Å². The van der Waals surface area contributed by atoms with E-state index in [9.17, 15) is 13.2 Å². The van der Waals surface area contributed by atoms with Gasteiger partial charge in [-0.2, -0.15) is 4.31 Å². The molecule has 1 aromatic carbocycles. The van der Waals surface area contributed by atoms with Gasteiger partial charge in [-0.25, -0.2) is 8.42 Å². The van der Waals surface area contributed by atoms with Crippen LogP contribution in [-0.2, 0) is 21.2 Å². The maximum Gasteiger partial charge on any atom is 0.243 e. The largest absolute Gasteiger partial charge is 0.469 e. The molecule has 1 amide bonds. The SMILES string of the molecule is CCN(CC)S(=O)(=O)c1ccc(C(C)NC(=O)CCc2ccco2)cc1. The summed E-state index contributed by atoms with van der Waals surface area (Å²) in [5.41, 5.74) is 0.856. The lowest BCUT2D eigenvalue weighted by Crippen LogP contribution is -2.30. The van der Waals surface area contributed by atoms with Crippen LogP contribution in [0, 0.1) is 0 Å². The number of hydrogen-bond donors (Lipinski definition) is 1. The molecule has 1 aromatic heterocycles. The summed E-state index contributed by atoms with van der Waals surface area (Å²) in [7, 11) is -3.46. The molecule has 6 nitrogen and oxygen atoms in total. The molecule has 1 unspecified atom stereocenters. The molecule has 1 N–H and O–H groups in total. The third-order valence-corrected chi connectivity index (χ3v) is 6.34. The molecular formula is C19H26N2O4S. The zero-order valence-electron chi connectivity index (χ0n) is 15.4. The molecule has 0 aliphatic heterocycles. The number of nitrogens with one attached hydrogen (secondary N) is 1. The molecular weight excluding hydrogens is 352 g/mol. The number of furan rings is 1. The summed E-state index contributed by atoms with van der Waals surface area (Å²) in [6.07, 6.45) is 2.47. The number of carbonyl (C=O) groups is 1. The molecule has 0 aliphatic carbocycles. The molecule has 2 aromatic rings. The van der Waals surface area contributed by atoms with E-state index in [0.29, 0.717) is 25.9 Å². The molecule has 0 aliphatic rings. The molecule has 1 heterocycles. The highest BCUT2D eigenvalue weighted by Crippen LogP contribution is 2.19. The Labute approximate surface area is 155 Å². The predicted molar refractivity (Wildman–Crippen MR) is 100 cm³/mol. The number of aryl methyl sites for hydroxylation is 1. The van der Waals surface area contributed by atoms with Gasteiger partial charge in [-0.15, -0.1) is 0 Å². The van der Waals surface area contributed by atoms with Crippen molar-refractivity contribution in [1.82, 2.24) is 9.62 Å². The van der Waals surface area contributed by atoms with Crippen molar-refractivity contribution in [1.29, 1.82) is 0 Å². The lowest BCUT2D eigenvalue weighted by Gasteiger charge is -2.19. The maximum absolute atomic E-state index is 12.5. The lowest BCUT2D eigenvalue weighted by molar-refractivity contribution is -0.121. The minimum Gasteiger partial charge on any atom is -0.469 e. The van der Waals surface area contributed by atoms with E-state index < -0.39 is 10.0 Å². The molecule has 7 heteroatoms. The van der Waals surface area contributed by atoms with E-state index in [1.54, 1.807) is 36.6 Å². The lowest BCUT2D eigenvalue weighted by atomic mass is 10.1. The van der Waals surface area contributed by atoms with Gasteiger partial charge in [0.25, 0.3) is 0 Å². The Kier molecular flexibility index (Phi) is 6.99. The van der Waals surface area contributed by atoms with Crippen molar-refractivity contribution in [3.63, 3.8) is 0 Å². The monoisotopic (exact) mass is 378 g/mol. The third-order valence-electron chi connectivity index (χ3n) is 4.28. The van der Waals surface area contributed by atoms with Crippen LogP contribution in [0.15, 0.2) is 52.0 Å². The molecule has 0 saturated heterocycles. The van der Waals surface area contributed by atoms with Crippen LogP contribution in [0.4, 0.5) is 0 Å². The van der Waals surface area contributed by atoms with Gasteiger partial charge in [-0.3, -0.25) is 4.79 Å². The van der Waals surface area contributed by atoms with Crippen molar-refractivity contribution in [2.45, 2.75) is 44.6 Å². The van der Waals surface area contributed by atoms with Crippen LogP contribution in [-0.4, -0.2) is 31.7 Å². The Morgan fingerprint density at radius 1 is 1.15 bits per heavy atom. The van der Waals surface area contributed by atoms with Crippen LogP contribution in [0.25, 0.3) is 0 Å². The molecule has 0 fully saturated rings. The summed E-state index contributed by atoms with van der Waals surface area (Å²) >= 11 is 0. The van der Waals surface area contributed by atoms with Gasteiger partial charge >= 0.3 is 0 Å². The van der Waals surface area contributed by atoms with E-state index in [-0.39, 0.29) is 16.8 Å². The highest BCUT2D eigenvalue weighted by atomic mass is 32.2. The number of rotatable bonds is 9. The highest BCUT2D eigenvalue weighted by molar-refractivity contribution is 7.89. The van der Waals surface area contributed by atoms with Crippen LogP contribution in [0.3, 0.4) is 0 Å². The number of benzene rings is 1. The van der Waals surface area contributed by atoms with E-state index >= 15 is 0 Å². The van der Waals surface area contributed by atoms with Crippen molar-refractivity contribution in [2.75, 3.05) is 13.1 Å². The van der Waals surface area contributed by atoms with E-state index in [2.05, 4.69) is 5.32 Å². The van der Waals surface area contributed by atoms with Crippen LogP contribution in [0.1, 0.15) is 44.6 Å². The first-order valence-corrected chi connectivity index (χ1v) is 10.2. The van der Waals surface area contributed by atoms with Crippen LogP contribution in [0.5, 0.6) is 0 Å². The first-order chi connectivity index (χ1) is 12.4. The predicted octanol–water partition coefficient (Wildman–Crippen LogP) is 3.12. The Hall–Kier alpha value is -2.12. The van der Waals surface area contributed by atoms with Gasteiger partial charge in [0.15, 0.2) is 0 Å². The van der Waals surface area contributed by atoms with E-state index in [1.807, 2.05) is 26.8 Å².